The number of hydrogen-bond acceptors (Lipinski definition) is 3. The van der Waals surface area contributed by atoms with Gasteiger partial charge in [0.15, 0.2) is 0 Å². The monoisotopic (exact) mass is 285 g/mol. The Morgan fingerprint density at radius 1 is 1.10 bits per heavy atom. The molecule has 0 aliphatic heterocycles. The fourth-order valence-corrected chi connectivity index (χ4v) is 2.24. The van der Waals surface area contributed by atoms with Crippen LogP contribution in [0.2, 0.25) is 0 Å². The maximum absolute atomic E-state index is 11.9. The van der Waals surface area contributed by atoms with Crippen LogP contribution >= 0.6 is 0 Å². The van der Waals surface area contributed by atoms with Crippen LogP contribution in [-0.4, -0.2) is 24.7 Å². The predicted octanol–water partition coefficient (Wildman–Crippen LogP) is 3.31. The Balaban J connectivity index is 1.90. The number of rotatable bonds is 5. The second kappa shape index (κ2) is 6.72. The Bertz CT molecular complexity index is 609. The Hall–Kier alpha value is -1.87. The minimum absolute atomic E-state index is 0.0437. The zero-order valence-corrected chi connectivity index (χ0v) is 13.0. The number of benzene rings is 2. The van der Waals surface area contributed by atoms with Gasteiger partial charge >= 0.3 is 5.97 Å². The van der Waals surface area contributed by atoms with Gasteiger partial charge in [0.25, 0.3) is 0 Å². The standard InChI is InChI=1S/C18H23NO2/c1-18(2,3)19-11-12-21-17(20)13-15-9-6-8-14-7-4-5-10-16(14)15/h4-10,19H,11-13H2,1-3H3. The third-order valence-electron chi connectivity index (χ3n) is 3.24. The summed E-state index contributed by atoms with van der Waals surface area (Å²) in [6.45, 7) is 7.34. The van der Waals surface area contributed by atoms with Crippen molar-refractivity contribution in [2.24, 2.45) is 0 Å². The number of hydrogen-bond donors (Lipinski definition) is 1. The molecule has 0 bridgehead atoms. The molecule has 0 amide bonds. The Morgan fingerprint density at radius 2 is 1.81 bits per heavy atom. The van der Waals surface area contributed by atoms with Crippen LogP contribution in [0.3, 0.4) is 0 Å². The zero-order valence-electron chi connectivity index (χ0n) is 13.0. The van der Waals surface area contributed by atoms with E-state index >= 15 is 0 Å². The van der Waals surface area contributed by atoms with Crippen molar-refractivity contribution in [1.82, 2.24) is 5.32 Å². The molecule has 3 nitrogen and oxygen atoms in total. The van der Waals surface area contributed by atoms with E-state index in [1.807, 2.05) is 30.3 Å². The molecular formula is C18H23NO2. The normalized spacial score (nSPS) is 11.6. The fraction of sp³-hybridized carbons (Fsp3) is 0.389. The Kier molecular flexibility index (Phi) is 4.97. The highest BCUT2D eigenvalue weighted by atomic mass is 16.5. The third-order valence-corrected chi connectivity index (χ3v) is 3.24. The average Bonchev–Trinajstić information content (AvgIpc) is 2.43. The van der Waals surface area contributed by atoms with Crippen LogP contribution in [0.1, 0.15) is 26.3 Å². The second-order valence-electron chi connectivity index (χ2n) is 6.21. The van der Waals surface area contributed by atoms with Gasteiger partial charge in [-0.3, -0.25) is 4.79 Å². The third kappa shape index (κ3) is 4.87. The van der Waals surface area contributed by atoms with Gasteiger partial charge in [-0.15, -0.1) is 0 Å². The molecule has 0 aliphatic rings. The van der Waals surface area contributed by atoms with Gasteiger partial charge in [0.2, 0.25) is 0 Å². The predicted molar refractivity (Wildman–Crippen MR) is 86.4 cm³/mol. The number of ether oxygens (including phenoxy) is 1. The molecule has 0 spiro atoms. The van der Waals surface area contributed by atoms with Gasteiger partial charge in [0, 0.05) is 12.1 Å². The van der Waals surface area contributed by atoms with Gasteiger partial charge in [-0.05, 0) is 37.1 Å². The topological polar surface area (TPSA) is 38.3 Å². The molecule has 0 aliphatic carbocycles. The highest BCUT2D eigenvalue weighted by molar-refractivity contribution is 5.88. The lowest BCUT2D eigenvalue weighted by Crippen LogP contribution is -2.38. The Labute approximate surface area is 126 Å². The van der Waals surface area contributed by atoms with Gasteiger partial charge in [-0.1, -0.05) is 42.5 Å². The summed E-state index contributed by atoms with van der Waals surface area (Å²) in [6.07, 6.45) is 0.316. The van der Waals surface area contributed by atoms with Gasteiger partial charge < -0.3 is 10.1 Å². The van der Waals surface area contributed by atoms with E-state index in [-0.39, 0.29) is 11.5 Å². The number of carbonyl (C=O) groups excluding carboxylic acids is 1. The molecule has 0 saturated heterocycles. The lowest BCUT2D eigenvalue weighted by molar-refractivity contribution is -0.142. The van der Waals surface area contributed by atoms with Crippen molar-refractivity contribution in [3.63, 3.8) is 0 Å². The molecule has 2 rings (SSSR count). The molecule has 0 heterocycles. The number of esters is 1. The summed E-state index contributed by atoms with van der Waals surface area (Å²) in [5.74, 6) is -0.179. The zero-order chi connectivity index (χ0) is 15.3. The largest absolute Gasteiger partial charge is 0.464 e. The van der Waals surface area contributed by atoms with Crippen LogP contribution in [0.4, 0.5) is 0 Å². The molecule has 0 aromatic heterocycles. The minimum atomic E-state index is -0.179. The van der Waals surface area contributed by atoms with Crippen LogP contribution in [0.25, 0.3) is 10.8 Å². The maximum atomic E-state index is 11.9. The van der Waals surface area contributed by atoms with E-state index in [0.717, 1.165) is 16.3 Å². The molecule has 0 unspecified atom stereocenters. The highest BCUT2D eigenvalue weighted by Gasteiger charge is 2.10. The van der Waals surface area contributed by atoms with Crippen LogP contribution in [0.15, 0.2) is 42.5 Å². The molecule has 2 aromatic carbocycles. The smallest absolute Gasteiger partial charge is 0.310 e. The number of nitrogens with one attached hydrogen (secondary N) is 1. The van der Waals surface area contributed by atoms with Gasteiger partial charge in [-0.25, -0.2) is 0 Å². The van der Waals surface area contributed by atoms with Crippen LogP contribution in [-0.2, 0) is 16.0 Å². The first-order chi connectivity index (χ1) is 9.96. The summed E-state index contributed by atoms with van der Waals surface area (Å²) in [7, 11) is 0. The maximum Gasteiger partial charge on any atom is 0.310 e. The van der Waals surface area contributed by atoms with E-state index in [1.54, 1.807) is 0 Å². The van der Waals surface area contributed by atoms with Crippen molar-refractivity contribution in [3.05, 3.63) is 48.0 Å². The molecule has 3 heteroatoms. The number of carbonyl (C=O) groups is 1. The second-order valence-corrected chi connectivity index (χ2v) is 6.21. The van der Waals surface area contributed by atoms with E-state index < -0.39 is 0 Å². The van der Waals surface area contributed by atoms with Crippen LogP contribution in [0.5, 0.6) is 0 Å². The summed E-state index contributed by atoms with van der Waals surface area (Å²) >= 11 is 0. The molecule has 0 radical (unpaired) electrons. The molecule has 21 heavy (non-hydrogen) atoms. The summed E-state index contributed by atoms with van der Waals surface area (Å²) in [6, 6.07) is 14.1. The fourth-order valence-electron chi connectivity index (χ4n) is 2.24. The molecule has 112 valence electrons. The molecular weight excluding hydrogens is 262 g/mol. The summed E-state index contributed by atoms with van der Waals surface area (Å²) < 4.78 is 5.29. The van der Waals surface area contributed by atoms with Crippen molar-refractivity contribution in [1.29, 1.82) is 0 Å². The molecule has 0 fully saturated rings. The van der Waals surface area contributed by atoms with E-state index in [0.29, 0.717) is 19.6 Å². The highest BCUT2D eigenvalue weighted by Crippen LogP contribution is 2.19. The van der Waals surface area contributed by atoms with E-state index in [9.17, 15) is 4.79 Å². The van der Waals surface area contributed by atoms with E-state index in [1.165, 1.54) is 0 Å². The van der Waals surface area contributed by atoms with Crippen molar-refractivity contribution in [2.45, 2.75) is 32.7 Å². The van der Waals surface area contributed by atoms with E-state index in [2.05, 4.69) is 38.2 Å². The number of fused-ring (bicyclic) bond motifs is 1. The molecule has 0 atom stereocenters. The van der Waals surface area contributed by atoms with Gasteiger partial charge in [0.1, 0.15) is 6.61 Å². The van der Waals surface area contributed by atoms with Crippen LogP contribution in [0, 0.1) is 0 Å². The lowest BCUT2D eigenvalue weighted by atomic mass is 10.0. The molecule has 1 N–H and O–H groups in total. The van der Waals surface area contributed by atoms with Crippen molar-refractivity contribution < 1.29 is 9.53 Å². The SMILES string of the molecule is CC(C)(C)NCCOC(=O)Cc1cccc2ccccc12. The lowest BCUT2D eigenvalue weighted by Gasteiger charge is -2.20. The first-order valence-electron chi connectivity index (χ1n) is 7.33. The van der Waals surface area contributed by atoms with Crippen molar-refractivity contribution in [2.75, 3.05) is 13.2 Å². The first kappa shape index (κ1) is 15.5. The average molecular weight is 285 g/mol. The van der Waals surface area contributed by atoms with Crippen LogP contribution < -0.4 is 5.32 Å². The Morgan fingerprint density at radius 3 is 2.57 bits per heavy atom. The summed E-state index contributed by atoms with van der Waals surface area (Å²) in [4.78, 5) is 11.9. The van der Waals surface area contributed by atoms with Crippen molar-refractivity contribution in [3.8, 4) is 0 Å². The van der Waals surface area contributed by atoms with Crippen molar-refractivity contribution >= 4 is 16.7 Å². The quantitative estimate of drug-likeness (QED) is 0.676. The minimum Gasteiger partial charge on any atom is -0.464 e. The molecule has 2 aromatic rings. The summed E-state index contributed by atoms with van der Waals surface area (Å²) in [5.41, 5.74) is 1.06. The van der Waals surface area contributed by atoms with Gasteiger partial charge in [-0.2, -0.15) is 0 Å². The molecule has 0 saturated carbocycles. The van der Waals surface area contributed by atoms with E-state index in [4.69, 9.17) is 4.74 Å². The first-order valence-corrected chi connectivity index (χ1v) is 7.33. The van der Waals surface area contributed by atoms with Gasteiger partial charge in [0.05, 0.1) is 6.42 Å². The summed E-state index contributed by atoms with van der Waals surface area (Å²) in [5, 5.41) is 5.56.